The molecule has 1 heterocycles. The molecule has 11 heteroatoms. The van der Waals surface area contributed by atoms with E-state index in [-0.39, 0.29) is 23.1 Å². The Balaban J connectivity index is 2.02. The first-order chi connectivity index (χ1) is 14.1. The van der Waals surface area contributed by atoms with E-state index in [1.807, 2.05) is 4.72 Å². The fraction of sp³-hybridized carbons (Fsp3) is 0.263. The molecular weight excluding hydrogens is 421 g/mol. The lowest BCUT2D eigenvalue weighted by Crippen LogP contribution is -2.19. The number of hydrogen-bond acceptors (Lipinski definition) is 5. The van der Waals surface area contributed by atoms with Gasteiger partial charge < -0.3 is 9.88 Å². The van der Waals surface area contributed by atoms with Gasteiger partial charge in [0.1, 0.15) is 11.5 Å². The first-order valence-corrected chi connectivity index (χ1v) is 10.6. The van der Waals surface area contributed by atoms with Crippen LogP contribution in [0.3, 0.4) is 0 Å². The molecule has 0 spiro atoms. The molecule has 0 unspecified atom stereocenters. The van der Waals surface area contributed by atoms with Crippen LogP contribution in [0.4, 0.5) is 30.2 Å². The molecule has 0 bridgehead atoms. The number of sulfonamides is 1. The zero-order valence-electron chi connectivity index (χ0n) is 16.2. The van der Waals surface area contributed by atoms with Gasteiger partial charge in [0.25, 0.3) is 5.56 Å². The van der Waals surface area contributed by atoms with Crippen LogP contribution in [0.5, 0.6) is 0 Å². The molecule has 7 nitrogen and oxygen atoms in total. The predicted octanol–water partition coefficient (Wildman–Crippen LogP) is 3.37. The number of benzene rings is 2. The summed E-state index contributed by atoms with van der Waals surface area (Å²) in [5.41, 5.74) is -0.290. The summed E-state index contributed by atoms with van der Waals surface area (Å²) < 4.78 is 68.6. The van der Waals surface area contributed by atoms with Gasteiger partial charge in [-0.2, -0.15) is 0 Å². The molecule has 2 aromatic carbocycles. The number of anilines is 3. The van der Waals surface area contributed by atoms with Gasteiger partial charge in [-0.1, -0.05) is 0 Å². The van der Waals surface area contributed by atoms with Gasteiger partial charge in [0, 0.05) is 12.7 Å². The second-order valence-electron chi connectivity index (χ2n) is 6.67. The van der Waals surface area contributed by atoms with E-state index >= 15 is 0 Å². The Morgan fingerprint density at radius 3 is 2.53 bits per heavy atom. The zero-order valence-corrected chi connectivity index (χ0v) is 17.0. The summed E-state index contributed by atoms with van der Waals surface area (Å²) in [5, 5.41) is 2.88. The minimum Gasteiger partial charge on any atom is -0.350 e. The highest BCUT2D eigenvalue weighted by Crippen LogP contribution is 2.31. The SMILES string of the molecule is Cc1c(Nc2c(F)ccc(NS(=O)(=O)CCCF)c2F)ccc2ncn(C)c(=O)c12. The monoisotopic (exact) mass is 440 g/mol. The van der Waals surface area contributed by atoms with Crippen LogP contribution in [0.1, 0.15) is 12.0 Å². The molecule has 0 amide bonds. The summed E-state index contributed by atoms with van der Waals surface area (Å²) in [7, 11) is -2.47. The Bertz CT molecular complexity index is 1280. The van der Waals surface area contributed by atoms with Crippen molar-refractivity contribution in [3.05, 3.63) is 58.1 Å². The maximum atomic E-state index is 14.9. The summed E-state index contributed by atoms with van der Waals surface area (Å²) in [4.78, 5) is 16.6. The van der Waals surface area contributed by atoms with Gasteiger partial charge in [0.2, 0.25) is 10.0 Å². The fourth-order valence-corrected chi connectivity index (χ4v) is 4.02. The lowest BCUT2D eigenvalue weighted by molar-refractivity contribution is 0.484. The second-order valence-corrected chi connectivity index (χ2v) is 8.51. The van der Waals surface area contributed by atoms with Crippen LogP contribution in [0, 0.1) is 18.6 Å². The van der Waals surface area contributed by atoms with Crippen LogP contribution >= 0.6 is 0 Å². The van der Waals surface area contributed by atoms with Crippen molar-refractivity contribution in [3.63, 3.8) is 0 Å². The summed E-state index contributed by atoms with van der Waals surface area (Å²) in [6, 6.07) is 4.89. The van der Waals surface area contributed by atoms with Crippen LogP contribution < -0.4 is 15.6 Å². The number of hydrogen-bond donors (Lipinski definition) is 2. The summed E-state index contributed by atoms with van der Waals surface area (Å²) in [6.45, 7) is 0.766. The molecule has 0 radical (unpaired) electrons. The van der Waals surface area contributed by atoms with E-state index < -0.39 is 45.5 Å². The van der Waals surface area contributed by atoms with E-state index in [2.05, 4.69) is 10.3 Å². The molecule has 3 aromatic rings. The van der Waals surface area contributed by atoms with E-state index in [9.17, 15) is 26.4 Å². The molecule has 3 rings (SSSR count). The van der Waals surface area contributed by atoms with Crippen LogP contribution in [-0.4, -0.2) is 30.4 Å². The Hall–Kier alpha value is -3.08. The van der Waals surface area contributed by atoms with Gasteiger partial charge in [-0.05, 0) is 43.2 Å². The van der Waals surface area contributed by atoms with E-state index in [4.69, 9.17) is 0 Å². The lowest BCUT2D eigenvalue weighted by atomic mass is 10.1. The van der Waals surface area contributed by atoms with Crippen molar-refractivity contribution in [3.8, 4) is 0 Å². The van der Waals surface area contributed by atoms with Gasteiger partial charge in [-0.15, -0.1) is 0 Å². The number of nitrogens with zero attached hydrogens (tertiary/aromatic N) is 2. The van der Waals surface area contributed by atoms with Gasteiger partial charge in [0.05, 0.1) is 35.3 Å². The Labute approximate surface area is 170 Å². The topological polar surface area (TPSA) is 93.1 Å². The third kappa shape index (κ3) is 4.25. The highest BCUT2D eigenvalue weighted by molar-refractivity contribution is 7.92. The molecule has 0 saturated heterocycles. The van der Waals surface area contributed by atoms with Crippen LogP contribution in [0.2, 0.25) is 0 Å². The predicted molar refractivity (Wildman–Crippen MR) is 109 cm³/mol. The second kappa shape index (κ2) is 8.34. The van der Waals surface area contributed by atoms with Gasteiger partial charge in [-0.25, -0.2) is 22.2 Å². The summed E-state index contributed by atoms with van der Waals surface area (Å²) in [5.74, 6) is -2.67. The average molecular weight is 440 g/mol. The van der Waals surface area contributed by atoms with Gasteiger partial charge in [-0.3, -0.25) is 13.9 Å². The van der Waals surface area contributed by atoms with Crippen LogP contribution in [0.25, 0.3) is 10.9 Å². The number of halogens is 3. The smallest absolute Gasteiger partial charge is 0.261 e. The highest BCUT2D eigenvalue weighted by Gasteiger charge is 2.19. The van der Waals surface area contributed by atoms with Gasteiger partial charge in [0.15, 0.2) is 5.82 Å². The highest BCUT2D eigenvalue weighted by atomic mass is 32.2. The van der Waals surface area contributed by atoms with Crippen molar-refractivity contribution in [2.24, 2.45) is 7.05 Å². The quantitative estimate of drug-likeness (QED) is 0.588. The first kappa shape index (κ1) is 21.6. The fourth-order valence-electron chi connectivity index (χ4n) is 2.93. The molecule has 30 heavy (non-hydrogen) atoms. The molecule has 160 valence electrons. The molecular formula is C19H19F3N4O3S. The maximum Gasteiger partial charge on any atom is 0.261 e. The Morgan fingerprint density at radius 1 is 1.13 bits per heavy atom. The van der Waals surface area contributed by atoms with Crippen molar-refractivity contribution in [2.45, 2.75) is 13.3 Å². The van der Waals surface area contributed by atoms with E-state index in [1.54, 1.807) is 6.92 Å². The molecule has 1 aromatic heterocycles. The summed E-state index contributed by atoms with van der Waals surface area (Å²) in [6.07, 6.45) is 1.12. The van der Waals surface area contributed by atoms with Crippen molar-refractivity contribution in [1.82, 2.24) is 9.55 Å². The molecule has 0 aliphatic rings. The standard InChI is InChI=1S/C19H19F3N4O3S/c1-11-13(6-7-14-16(11)19(27)26(2)10-23-14)24-18-12(21)4-5-15(17(18)22)25-30(28,29)9-3-8-20/h4-7,10,24-25H,3,8-9H2,1-2H3. The Kier molecular flexibility index (Phi) is 6.01. The number of alkyl halides is 1. The number of fused-ring (bicyclic) bond motifs is 1. The molecule has 0 fully saturated rings. The number of aromatic nitrogens is 2. The van der Waals surface area contributed by atoms with Crippen molar-refractivity contribution in [2.75, 3.05) is 22.5 Å². The van der Waals surface area contributed by atoms with Crippen molar-refractivity contribution < 1.29 is 21.6 Å². The van der Waals surface area contributed by atoms with Crippen molar-refractivity contribution >= 4 is 38.0 Å². The lowest BCUT2D eigenvalue weighted by Gasteiger charge is -2.15. The van der Waals surface area contributed by atoms with E-state index in [0.29, 0.717) is 11.1 Å². The third-order valence-corrected chi connectivity index (χ3v) is 5.87. The van der Waals surface area contributed by atoms with E-state index in [0.717, 1.165) is 12.1 Å². The minimum absolute atomic E-state index is 0.247. The van der Waals surface area contributed by atoms with E-state index in [1.165, 1.54) is 30.1 Å². The first-order valence-electron chi connectivity index (χ1n) is 8.91. The minimum atomic E-state index is -4.00. The largest absolute Gasteiger partial charge is 0.350 e. The van der Waals surface area contributed by atoms with Crippen molar-refractivity contribution in [1.29, 1.82) is 0 Å². The number of nitrogens with one attached hydrogen (secondary N) is 2. The molecule has 0 aliphatic heterocycles. The Morgan fingerprint density at radius 2 is 1.83 bits per heavy atom. The number of rotatable bonds is 7. The van der Waals surface area contributed by atoms with Crippen LogP contribution in [-0.2, 0) is 17.1 Å². The zero-order chi connectivity index (χ0) is 22.1. The summed E-state index contributed by atoms with van der Waals surface area (Å²) >= 11 is 0. The molecule has 0 aliphatic carbocycles. The maximum absolute atomic E-state index is 14.9. The molecule has 0 saturated carbocycles. The number of aryl methyl sites for hydroxylation is 2. The normalized spacial score (nSPS) is 11.6. The molecule has 0 atom stereocenters. The van der Waals surface area contributed by atoms with Gasteiger partial charge >= 0.3 is 0 Å². The average Bonchev–Trinajstić information content (AvgIpc) is 2.70. The van der Waals surface area contributed by atoms with Crippen LogP contribution in [0.15, 0.2) is 35.4 Å². The third-order valence-electron chi connectivity index (χ3n) is 4.51. The molecule has 2 N–H and O–H groups in total.